The Labute approximate surface area is 94.6 Å². The summed E-state index contributed by atoms with van der Waals surface area (Å²) >= 11 is 0. The Balaban J connectivity index is 2.17. The van der Waals surface area contributed by atoms with E-state index >= 15 is 0 Å². The number of hydrogen-bond donors (Lipinski definition) is 1. The Morgan fingerprint density at radius 1 is 1.27 bits per heavy atom. The van der Waals surface area contributed by atoms with Crippen molar-refractivity contribution in [2.24, 2.45) is 10.4 Å². The van der Waals surface area contributed by atoms with Gasteiger partial charge >= 0.3 is 0 Å². The molecule has 1 heterocycles. The van der Waals surface area contributed by atoms with Crippen LogP contribution in [0.3, 0.4) is 0 Å². The number of nitrogens with zero attached hydrogens (tertiary/aromatic N) is 1. The Kier molecular flexibility index (Phi) is 4.62. The highest BCUT2D eigenvalue weighted by Gasteiger charge is 2.25. The van der Waals surface area contributed by atoms with E-state index in [2.05, 4.69) is 38.0 Å². The van der Waals surface area contributed by atoms with Crippen molar-refractivity contribution in [3.63, 3.8) is 0 Å². The van der Waals surface area contributed by atoms with Crippen LogP contribution in [0.1, 0.15) is 59.8 Å². The Hall–Kier alpha value is -0.530. The van der Waals surface area contributed by atoms with E-state index in [1.807, 2.05) is 0 Å². The highest BCUT2D eigenvalue weighted by atomic mass is 15.1. The van der Waals surface area contributed by atoms with Gasteiger partial charge in [-0.15, -0.1) is 0 Å². The number of rotatable bonds is 5. The predicted octanol–water partition coefficient (Wildman–Crippen LogP) is 3.37. The van der Waals surface area contributed by atoms with Crippen LogP contribution in [0.5, 0.6) is 0 Å². The third kappa shape index (κ3) is 4.23. The van der Waals surface area contributed by atoms with Crippen LogP contribution in [0.4, 0.5) is 0 Å². The maximum Gasteiger partial charge on any atom is 0.102 e. The van der Waals surface area contributed by atoms with E-state index < -0.39 is 0 Å². The zero-order chi connectivity index (χ0) is 11.3. The molecule has 0 saturated carbocycles. The molecule has 2 nitrogen and oxygen atoms in total. The number of unbranched alkanes of at least 4 members (excludes halogenated alkanes) is 3. The third-order valence-electron chi connectivity index (χ3n) is 2.93. The fourth-order valence-corrected chi connectivity index (χ4v) is 1.92. The number of nitrogens with one attached hydrogen (secondary N) is 1. The monoisotopic (exact) mass is 210 g/mol. The summed E-state index contributed by atoms with van der Waals surface area (Å²) in [6.45, 7) is 9.91. The number of aliphatic imine (C=N–C) groups is 1. The van der Waals surface area contributed by atoms with E-state index in [1.165, 1.54) is 37.9 Å². The minimum absolute atomic E-state index is 0.193. The van der Waals surface area contributed by atoms with E-state index in [1.54, 1.807) is 0 Å². The SMILES string of the molecule is CCCCCCC1CN=C(C(C)(C)C)N1. The molecule has 1 aliphatic heterocycles. The molecule has 0 aromatic heterocycles. The van der Waals surface area contributed by atoms with Gasteiger partial charge in [0.15, 0.2) is 0 Å². The van der Waals surface area contributed by atoms with Gasteiger partial charge in [0, 0.05) is 11.5 Å². The number of amidine groups is 1. The smallest absolute Gasteiger partial charge is 0.102 e. The molecule has 0 aliphatic carbocycles. The predicted molar refractivity (Wildman–Crippen MR) is 67.4 cm³/mol. The van der Waals surface area contributed by atoms with E-state index in [4.69, 9.17) is 0 Å². The molecule has 0 saturated heterocycles. The lowest BCUT2D eigenvalue weighted by molar-refractivity contribution is 0.518. The molecule has 0 aromatic carbocycles. The summed E-state index contributed by atoms with van der Waals surface area (Å²) in [5, 5.41) is 3.56. The Bertz CT molecular complexity index is 213. The fraction of sp³-hybridized carbons (Fsp3) is 0.923. The van der Waals surface area contributed by atoms with Gasteiger partial charge in [-0.2, -0.15) is 0 Å². The molecule has 1 atom stereocenters. The average Bonchev–Trinajstić information content (AvgIpc) is 2.60. The second-order valence-corrected chi connectivity index (χ2v) is 5.63. The summed E-state index contributed by atoms with van der Waals surface area (Å²) in [7, 11) is 0. The molecule has 0 aromatic rings. The first-order valence-electron chi connectivity index (χ1n) is 6.35. The summed E-state index contributed by atoms with van der Waals surface area (Å²) in [6, 6.07) is 0.607. The fourth-order valence-electron chi connectivity index (χ4n) is 1.92. The van der Waals surface area contributed by atoms with Crippen LogP contribution < -0.4 is 5.32 Å². The van der Waals surface area contributed by atoms with E-state index in [-0.39, 0.29) is 5.41 Å². The lowest BCUT2D eigenvalue weighted by Crippen LogP contribution is -2.37. The van der Waals surface area contributed by atoms with Crippen molar-refractivity contribution in [1.29, 1.82) is 0 Å². The van der Waals surface area contributed by atoms with Crippen molar-refractivity contribution in [2.45, 2.75) is 65.8 Å². The minimum Gasteiger partial charge on any atom is -0.369 e. The molecular weight excluding hydrogens is 184 g/mol. The van der Waals surface area contributed by atoms with Crippen molar-refractivity contribution in [1.82, 2.24) is 5.32 Å². The van der Waals surface area contributed by atoms with Crippen molar-refractivity contribution in [3.05, 3.63) is 0 Å². The summed E-state index contributed by atoms with van der Waals surface area (Å²) < 4.78 is 0. The normalized spacial score (nSPS) is 21.3. The molecule has 0 fully saturated rings. The van der Waals surface area contributed by atoms with Crippen molar-refractivity contribution in [2.75, 3.05) is 6.54 Å². The van der Waals surface area contributed by atoms with Crippen LogP contribution >= 0.6 is 0 Å². The van der Waals surface area contributed by atoms with Gasteiger partial charge in [-0.25, -0.2) is 0 Å². The van der Waals surface area contributed by atoms with Crippen LogP contribution in [0.25, 0.3) is 0 Å². The molecule has 0 radical (unpaired) electrons. The van der Waals surface area contributed by atoms with Crippen LogP contribution in [0.15, 0.2) is 4.99 Å². The molecule has 1 N–H and O–H groups in total. The summed E-state index contributed by atoms with van der Waals surface area (Å²) in [5.74, 6) is 1.20. The largest absolute Gasteiger partial charge is 0.369 e. The molecule has 0 spiro atoms. The quantitative estimate of drug-likeness (QED) is 0.691. The molecule has 88 valence electrons. The zero-order valence-electron chi connectivity index (χ0n) is 10.8. The van der Waals surface area contributed by atoms with E-state index in [0.717, 1.165) is 6.54 Å². The topological polar surface area (TPSA) is 24.4 Å². The molecule has 1 unspecified atom stereocenters. The zero-order valence-corrected chi connectivity index (χ0v) is 10.8. The molecular formula is C13H26N2. The highest BCUT2D eigenvalue weighted by Crippen LogP contribution is 2.19. The second-order valence-electron chi connectivity index (χ2n) is 5.63. The lowest BCUT2D eigenvalue weighted by atomic mass is 9.95. The minimum atomic E-state index is 0.193. The van der Waals surface area contributed by atoms with Crippen molar-refractivity contribution < 1.29 is 0 Å². The van der Waals surface area contributed by atoms with Crippen LogP contribution in [-0.2, 0) is 0 Å². The van der Waals surface area contributed by atoms with Crippen molar-refractivity contribution in [3.8, 4) is 0 Å². The van der Waals surface area contributed by atoms with E-state index in [0.29, 0.717) is 6.04 Å². The first-order valence-corrected chi connectivity index (χ1v) is 6.35. The maximum atomic E-state index is 4.59. The Morgan fingerprint density at radius 3 is 2.53 bits per heavy atom. The first kappa shape index (κ1) is 12.5. The van der Waals surface area contributed by atoms with Gasteiger partial charge in [-0.3, -0.25) is 4.99 Å². The molecule has 15 heavy (non-hydrogen) atoms. The molecule has 1 rings (SSSR count). The van der Waals surface area contributed by atoms with E-state index in [9.17, 15) is 0 Å². The van der Waals surface area contributed by atoms with Crippen LogP contribution in [0.2, 0.25) is 0 Å². The maximum absolute atomic E-state index is 4.59. The van der Waals surface area contributed by atoms with Crippen LogP contribution in [0, 0.1) is 5.41 Å². The summed E-state index contributed by atoms with van der Waals surface area (Å²) in [4.78, 5) is 4.59. The van der Waals surface area contributed by atoms with Gasteiger partial charge in [0.1, 0.15) is 5.84 Å². The lowest BCUT2D eigenvalue weighted by Gasteiger charge is -2.21. The molecule has 0 bridgehead atoms. The van der Waals surface area contributed by atoms with Gasteiger partial charge < -0.3 is 5.32 Å². The molecule has 0 amide bonds. The standard InChI is InChI=1S/C13H26N2/c1-5-6-7-8-9-11-10-14-12(15-11)13(2,3)4/h11H,5-10H2,1-4H3,(H,14,15). The second kappa shape index (κ2) is 5.53. The van der Waals surface area contributed by atoms with Crippen LogP contribution in [-0.4, -0.2) is 18.4 Å². The van der Waals surface area contributed by atoms with Gasteiger partial charge in [0.25, 0.3) is 0 Å². The van der Waals surface area contributed by atoms with Crippen molar-refractivity contribution >= 4 is 5.84 Å². The van der Waals surface area contributed by atoms with Gasteiger partial charge in [-0.05, 0) is 6.42 Å². The third-order valence-corrected chi connectivity index (χ3v) is 2.93. The average molecular weight is 210 g/mol. The number of hydrogen-bond acceptors (Lipinski definition) is 2. The molecule has 2 heteroatoms. The van der Waals surface area contributed by atoms with Gasteiger partial charge in [0.05, 0.1) is 6.54 Å². The summed E-state index contributed by atoms with van der Waals surface area (Å²) in [5.41, 5.74) is 0.193. The first-order chi connectivity index (χ1) is 7.04. The molecule has 1 aliphatic rings. The van der Waals surface area contributed by atoms with Gasteiger partial charge in [0.2, 0.25) is 0 Å². The summed E-state index contributed by atoms with van der Waals surface area (Å²) in [6.07, 6.45) is 6.70. The Morgan fingerprint density at radius 2 is 2.00 bits per heavy atom. The highest BCUT2D eigenvalue weighted by molar-refractivity contribution is 5.88. The van der Waals surface area contributed by atoms with Gasteiger partial charge in [-0.1, -0.05) is 53.4 Å².